The predicted molar refractivity (Wildman–Crippen MR) is 105 cm³/mol. The van der Waals surface area contributed by atoms with Crippen LogP contribution in [0.25, 0.3) is 6.08 Å². The van der Waals surface area contributed by atoms with Gasteiger partial charge in [-0.15, -0.1) is 0 Å². The number of hydrogen-bond acceptors (Lipinski definition) is 5. The molecule has 2 aromatic rings. The first kappa shape index (κ1) is 18.6. The Morgan fingerprint density at radius 1 is 1.19 bits per heavy atom. The number of amides is 1. The lowest BCUT2D eigenvalue weighted by molar-refractivity contribution is -0.310. The molecule has 0 aliphatic carbocycles. The minimum absolute atomic E-state index is 0.129. The third kappa shape index (κ3) is 4.15. The fourth-order valence-corrected chi connectivity index (χ4v) is 4.06. The number of halogens is 1. The van der Waals surface area contributed by atoms with Gasteiger partial charge in [-0.05, 0) is 35.8 Å². The molecule has 0 spiro atoms. The van der Waals surface area contributed by atoms with Crippen molar-refractivity contribution in [1.29, 1.82) is 0 Å². The summed E-state index contributed by atoms with van der Waals surface area (Å²) in [7, 11) is 0. The quantitative estimate of drug-likeness (QED) is 0.568. The number of carboxylic acid groups (broad SMARTS) is 1. The first-order valence-electron chi connectivity index (χ1n) is 7.73. The van der Waals surface area contributed by atoms with E-state index in [-0.39, 0.29) is 10.7 Å². The molecule has 0 radical (unpaired) electrons. The lowest BCUT2D eigenvalue weighted by atomic mass is 10.0. The highest BCUT2D eigenvalue weighted by molar-refractivity contribution is 8.26. The summed E-state index contributed by atoms with van der Waals surface area (Å²) in [5.74, 6) is -1.77. The number of rotatable bonds is 5. The Morgan fingerprint density at radius 3 is 2.46 bits per heavy atom. The van der Waals surface area contributed by atoms with Gasteiger partial charge in [-0.3, -0.25) is 9.69 Å². The summed E-state index contributed by atoms with van der Waals surface area (Å²) in [4.78, 5) is 25.9. The summed E-state index contributed by atoms with van der Waals surface area (Å²) in [5, 5.41) is 12.3. The number of hydrogen-bond donors (Lipinski definition) is 0. The second-order valence-corrected chi connectivity index (χ2v) is 7.74. The Balaban J connectivity index is 1.86. The van der Waals surface area contributed by atoms with E-state index in [0.29, 0.717) is 9.93 Å². The maximum absolute atomic E-state index is 12.8. The Hall–Kier alpha value is -2.15. The van der Waals surface area contributed by atoms with Crippen LogP contribution in [0.3, 0.4) is 0 Å². The first-order valence-corrected chi connectivity index (χ1v) is 9.33. The molecule has 1 saturated heterocycles. The van der Waals surface area contributed by atoms with Crippen molar-refractivity contribution in [1.82, 2.24) is 4.90 Å². The van der Waals surface area contributed by atoms with Crippen molar-refractivity contribution >= 4 is 57.9 Å². The molecular formula is C19H13ClNO3S2-. The van der Waals surface area contributed by atoms with Crippen LogP contribution in [-0.2, 0) is 16.0 Å². The normalized spacial score (nSPS) is 17.0. The van der Waals surface area contributed by atoms with Crippen LogP contribution in [0.5, 0.6) is 0 Å². The number of benzene rings is 2. The van der Waals surface area contributed by atoms with Gasteiger partial charge in [0.2, 0.25) is 0 Å². The average molecular weight is 403 g/mol. The van der Waals surface area contributed by atoms with Crippen molar-refractivity contribution in [3.8, 4) is 0 Å². The molecule has 0 aromatic heterocycles. The van der Waals surface area contributed by atoms with E-state index < -0.39 is 17.9 Å². The van der Waals surface area contributed by atoms with Gasteiger partial charge in [-0.2, -0.15) is 0 Å². The fourth-order valence-electron chi connectivity index (χ4n) is 2.58. The molecule has 3 rings (SSSR count). The highest BCUT2D eigenvalue weighted by Gasteiger charge is 2.37. The van der Waals surface area contributed by atoms with E-state index in [1.165, 1.54) is 0 Å². The van der Waals surface area contributed by atoms with E-state index in [1.54, 1.807) is 42.5 Å². The zero-order valence-corrected chi connectivity index (χ0v) is 15.8. The van der Waals surface area contributed by atoms with Gasteiger partial charge in [-0.1, -0.05) is 78.0 Å². The zero-order valence-electron chi connectivity index (χ0n) is 13.4. The summed E-state index contributed by atoms with van der Waals surface area (Å²) in [5.41, 5.74) is 1.57. The Bertz CT molecular complexity index is 881. The predicted octanol–water partition coefficient (Wildman–Crippen LogP) is 2.90. The van der Waals surface area contributed by atoms with Crippen LogP contribution in [0.1, 0.15) is 11.1 Å². The van der Waals surface area contributed by atoms with E-state index in [2.05, 4.69) is 0 Å². The van der Waals surface area contributed by atoms with Crippen LogP contribution >= 0.6 is 35.6 Å². The topological polar surface area (TPSA) is 60.4 Å². The number of aliphatic carboxylic acids is 1. The van der Waals surface area contributed by atoms with Gasteiger partial charge >= 0.3 is 0 Å². The number of carboxylic acids is 1. The van der Waals surface area contributed by atoms with Gasteiger partial charge in [0.1, 0.15) is 4.32 Å². The summed E-state index contributed by atoms with van der Waals surface area (Å²) in [6.07, 6.45) is 1.80. The molecule has 1 amide bonds. The summed E-state index contributed by atoms with van der Waals surface area (Å²) in [6, 6.07) is 14.9. The molecule has 1 atom stereocenters. The van der Waals surface area contributed by atoms with Crippen molar-refractivity contribution in [2.45, 2.75) is 12.5 Å². The third-order valence-electron chi connectivity index (χ3n) is 3.85. The van der Waals surface area contributed by atoms with Gasteiger partial charge in [0, 0.05) is 5.02 Å². The van der Waals surface area contributed by atoms with E-state index in [1.807, 2.05) is 18.2 Å². The molecule has 4 nitrogen and oxygen atoms in total. The zero-order chi connectivity index (χ0) is 18.7. The highest BCUT2D eigenvalue weighted by Crippen LogP contribution is 2.34. The second kappa shape index (κ2) is 8.03. The number of nitrogens with zero attached hydrogens (tertiary/aromatic N) is 1. The monoisotopic (exact) mass is 402 g/mol. The molecule has 26 heavy (non-hydrogen) atoms. The molecule has 1 aliphatic rings. The molecule has 0 bridgehead atoms. The van der Waals surface area contributed by atoms with Gasteiger partial charge < -0.3 is 9.90 Å². The average Bonchev–Trinajstić information content (AvgIpc) is 2.89. The molecule has 132 valence electrons. The van der Waals surface area contributed by atoms with Crippen LogP contribution in [0.4, 0.5) is 0 Å². The van der Waals surface area contributed by atoms with Crippen LogP contribution in [0.2, 0.25) is 5.02 Å². The summed E-state index contributed by atoms with van der Waals surface area (Å²) < 4.78 is 0.209. The molecular weight excluding hydrogens is 390 g/mol. The SMILES string of the molecule is O=C([O-])[C@@H](Cc1ccccc1)N1C(=O)/C(=C/c2ccc(Cl)cc2)SC1=S. The minimum Gasteiger partial charge on any atom is -0.548 e. The maximum Gasteiger partial charge on any atom is 0.266 e. The van der Waals surface area contributed by atoms with Crippen LogP contribution < -0.4 is 5.11 Å². The lowest BCUT2D eigenvalue weighted by Gasteiger charge is -2.27. The van der Waals surface area contributed by atoms with Gasteiger partial charge in [0.25, 0.3) is 5.91 Å². The van der Waals surface area contributed by atoms with Gasteiger partial charge in [0.05, 0.1) is 16.9 Å². The summed E-state index contributed by atoms with van der Waals surface area (Å²) >= 11 is 12.2. The van der Waals surface area contributed by atoms with Crippen LogP contribution in [0.15, 0.2) is 59.5 Å². The van der Waals surface area contributed by atoms with Crippen molar-refractivity contribution in [3.63, 3.8) is 0 Å². The first-order chi connectivity index (χ1) is 12.5. The molecule has 0 unspecified atom stereocenters. The Morgan fingerprint density at radius 2 is 1.85 bits per heavy atom. The molecule has 1 heterocycles. The van der Waals surface area contributed by atoms with E-state index in [9.17, 15) is 14.7 Å². The maximum atomic E-state index is 12.8. The number of thioether (sulfide) groups is 1. The fraction of sp³-hybridized carbons (Fsp3) is 0.105. The van der Waals surface area contributed by atoms with Crippen molar-refractivity contribution in [3.05, 3.63) is 75.7 Å². The summed E-state index contributed by atoms with van der Waals surface area (Å²) in [6.45, 7) is 0. The molecule has 7 heteroatoms. The van der Waals surface area contributed by atoms with Crippen molar-refractivity contribution in [2.75, 3.05) is 0 Å². The Labute approximate surface area is 165 Å². The van der Waals surface area contributed by atoms with Crippen LogP contribution in [-0.4, -0.2) is 27.1 Å². The second-order valence-electron chi connectivity index (χ2n) is 5.63. The lowest BCUT2D eigenvalue weighted by Crippen LogP contribution is -2.51. The van der Waals surface area contributed by atoms with E-state index in [4.69, 9.17) is 23.8 Å². The van der Waals surface area contributed by atoms with Crippen molar-refractivity contribution in [2.24, 2.45) is 0 Å². The highest BCUT2D eigenvalue weighted by atomic mass is 35.5. The van der Waals surface area contributed by atoms with E-state index in [0.717, 1.165) is 27.8 Å². The van der Waals surface area contributed by atoms with Crippen LogP contribution in [0, 0.1) is 0 Å². The molecule has 1 aliphatic heterocycles. The molecule has 1 fully saturated rings. The van der Waals surface area contributed by atoms with Crippen molar-refractivity contribution < 1.29 is 14.7 Å². The van der Waals surface area contributed by atoms with E-state index >= 15 is 0 Å². The number of carbonyl (C=O) groups is 2. The smallest absolute Gasteiger partial charge is 0.266 e. The van der Waals surface area contributed by atoms with Gasteiger partial charge in [-0.25, -0.2) is 0 Å². The minimum atomic E-state index is -1.34. The molecule has 0 saturated carbocycles. The Kier molecular flexibility index (Phi) is 5.76. The molecule has 0 N–H and O–H groups in total. The number of carbonyl (C=O) groups excluding carboxylic acids is 2. The number of thiocarbonyl (C=S) groups is 1. The largest absolute Gasteiger partial charge is 0.548 e. The van der Waals surface area contributed by atoms with Gasteiger partial charge in [0.15, 0.2) is 0 Å². The third-order valence-corrected chi connectivity index (χ3v) is 5.43. The standard InChI is InChI=1S/C19H14ClNO3S2/c20-14-8-6-13(7-9-14)11-16-17(22)21(19(25)26-16)15(18(23)24)10-12-4-2-1-3-5-12/h1-9,11,15H,10H2,(H,23,24)/p-1/b16-11-/t15-/m1/s1. The molecule has 2 aromatic carbocycles.